The lowest BCUT2D eigenvalue weighted by molar-refractivity contribution is 1.13. The Hall–Kier alpha value is -0.790. The molecule has 94 valence electrons. The van der Waals surface area contributed by atoms with Crippen LogP contribution in [0.15, 0.2) is 36.4 Å². The Labute approximate surface area is 122 Å². The largest absolute Gasteiger partial charge is 0.0843 e. The van der Waals surface area contributed by atoms with Crippen molar-refractivity contribution in [2.45, 2.75) is 25.6 Å². The molecule has 0 saturated carbocycles. The van der Waals surface area contributed by atoms with Gasteiger partial charge in [-0.2, -0.15) is 0 Å². The molecule has 0 aliphatic heterocycles. The van der Waals surface area contributed by atoms with E-state index in [0.29, 0.717) is 0 Å². The molecule has 2 rings (SSSR count). The van der Waals surface area contributed by atoms with E-state index in [-0.39, 0.29) is 4.83 Å². The Morgan fingerprint density at radius 2 is 1.56 bits per heavy atom. The third-order valence-corrected chi connectivity index (χ3v) is 4.59. The summed E-state index contributed by atoms with van der Waals surface area (Å²) in [5.41, 5.74) is 6.38. The van der Waals surface area contributed by atoms with Crippen LogP contribution in [0.2, 0.25) is 5.02 Å². The van der Waals surface area contributed by atoms with Crippen LogP contribution in [0.5, 0.6) is 0 Å². The molecule has 1 atom stereocenters. The lowest BCUT2D eigenvalue weighted by atomic mass is 9.98. The van der Waals surface area contributed by atoms with Gasteiger partial charge in [0.2, 0.25) is 0 Å². The van der Waals surface area contributed by atoms with E-state index < -0.39 is 0 Å². The molecular weight excluding hydrogens is 308 g/mol. The zero-order chi connectivity index (χ0) is 13.3. The summed E-state index contributed by atoms with van der Waals surface area (Å²) in [6.45, 7) is 6.39. The molecule has 2 aromatic carbocycles. The van der Waals surface area contributed by atoms with Gasteiger partial charge in [-0.3, -0.25) is 0 Å². The maximum absolute atomic E-state index is 6.08. The minimum atomic E-state index is 0.190. The van der Waals surface area contributed by atoms with Gasteiger partial charge < -0.3 is 0 Å². The first-order chi connectivity index (χ1) is 8.49. The van der Waals surface area contributed by atoms with Crippen LogP contribution in [0.1, 0.15) is 32.6 Å². The summed E-state index contributed by atoms with van der Waals surface area (Å²) >= 11 is 9.86. The molecule has 1 unspecified atom stereocenters. The van der Waals surface area contributed by atoms with Crippen LogP contribution >= 0.6 is 27.5 Å². The third-order valence-electron chi connectivity index (χ3n) is 3.34. The molecule has 18 heavy (non-hydrogen) atoms. The van der Waals surface area contributed by atoms with Crippen LogP contribution in [-0.4, -0.2) is 0 Å². The number of aryl methyl sites for hydroxylation is 3. The van der Waals surface area contributed by atoms with Crippen molar-refractivity contribution in [1.29, 1.82) is 0 Å². The second-order valence-corrected chi connectivity index (χ2v) is 6.06. The molecule has 0 fully saturated rings. The molecule has 0 aromatic heterocycles. The van der Waals surface area contributed by atoms with Crippen molar-refractivity contribution in [2.24, 2.45) is 0 Å². The number of hydrogen-bond acceptors (Lipinski definition) is 0. The Balaban J connectivity index is 2.44. The molecule has 0 nitrogen and oxygen atoms in total. The molecule has 0 heterocycles. The molecular formula is C16H16BrCl. The molecule has 0 N–H and O–H groups in total. The highest BCUT2D eigenvalue weighted by molar-refractivity contribution is 9.09. The van der Waals surface area contributed by atoms with E-state index in [2.05, 4.69) is 61.0 Å². The van der Waals surface area contributed by atoms with Gasteiger partial charge in [0.1, 0.15) is 0 Å². The molecule has 0 radical (unpaired) electrons. The average molecular weight is 324 g/mol. The zero-order valence-electron chi connectivity index (χ0n) is 10.8. The normalized spacial score (nSPS) is 12.5. The van der Waals surface area contributed by atoms with Crippen LogP contribution in [-0.2, 0) is 0 Å². The van der Waals surface area contributed by atoms with Crippen LogP contribution in [0.4, 0.5) is 0 Å². The summed E-state index contributed by atoms with van der Waals surface area (Å²) < 4.78 is 0. The zero-order valence-corrected chi connectivity index (χ0v) is 13.1. The predicted octanol–water partition coefficient (Wildman–Crippen LogP) is 5.75. The Kier molecular flexibility index (Phi) is 4.14. The van der Waals surface area contributed by atoms with Gasteiger partial charge in [-0.1, -0.05) is 51.8 Å². The monoisotopic (exact) mass is 322 g/mol. The van der Waals surface area contributed by atoms with Gasteiger partial charge in [0.15, 0.2) is 0 Å². The molecule has 2 heteroatoms. The van der Waals surface area contributed by atoms with E-state index in [1.165, 1.54) is 27.8 Å². The van der Waals surface area contributed by atoms with Crippen LogP contribution < -0.4 is 0 Å². The smallest absolute Gasteiger partial charge is 0.0647 e. The fourth-order valence-electron chi connectivity index (χ4n) is 1.99. The Morgan fingerprint density at radius 1 is 0.889 bits per heavy atom. The highest BCUT2D eigenvalue weighted by atomic mass is 79.9. The van der Waals surface area contributed by atoms with Crippen molar-refractivity contribution in [3.63, 3.8) is 0 Å². The lowest BCUT2D eigenvalue weighted by Gasteiger charge is -2.15. The summed E-state index contributed by atoms with van der Waals surface area (Å²) in [7, 11) is 0. The van der Waals surface area contributed by atoms with E-state index in [1.54, 1.807) is 0 Å². The first kappa shape index (κ1) is 13.6. The maximum atomic E-state index is 6.08. The molecule has 0 spiro atoms. The lowest BCUT2D eigenvalue weighted by Crippen LogP contribution is -1.97. The van der Waals surface area contributed by atoms with Crippen molar-refractivity contribution in [1.82, 2.24) is 0 Å². The van der Waals surface area contributed by atoms with Crippen molar-refractivity contribution < 1.29 is 0 Å². The highest BCUT2D eigenvalue weighted by Crippen LogP contribution is 2.34. The van der Waals surface area contributed by atoms with Crippen molar-refractivity contribution >= 4 is 27.5 Å². The van der Waals surface area contributed by atoms with E-state index >= 15 is 0 Å². The van der Waals surface area contributed by atoms with Gasteiger partial charge >= 0.3 is 0 Å². The quantitative estimate of drug-likeness (QED) is 0.617. The number of rotatable bonds is 2. The van der Waals surface area contributed by atoms with Gasteiger partial charge in [-0.05, 0) is 60.7 Å². The first-order valence-electron chi connectivity index (χ1n) is 5.96. The van der Waals surface area contributed by atoms with E-state index in [1.807, 2.05) is 12.1 Å². The fraction of sp³-hybridized carbons (Fsp3) is 0.250. The summed E-state index contributed by atoms with van der Waals surface area (Å²) in [6.07, 6.45) is 0. The minimum Gasteiger partial charge on any atom is -0.0843 e. The van der Waals surface area contributed by atoms with Crippen LogP contribution in [0, 0.1) is 20.8 Å². The Bertz CT molecular complexity index is 575. The van der Waals surface area contributed by atoms with Crippen LogP contribution in [0.25, 0.3) is 0 Å². The second-order valence-electron chi connectivity index (χ2n) is 4.71. The van der Waals surface area contributed by atoms with E-state index in [0.717, 1.165) is 5.02 Å². The topological polar surface area (TPSA) is 0 Å². The summed E-state index contributed by atoms with van der Waals surface area (Å²) in [5, 5.41) is 0.781. The molecule has 0 amide bonds. The molecule has 0 bridgehead atoms. The van der Waals surface area contributed by atoms with Crippen molar-refractivity contribution in [3.8, 4) is 0 Å². The molecule has 0 saturated heterocycles. The molecule has 0 aliphatic rings. The highest BCUT2D eigenvalue weighted by Gasteiger charge is 2.13. The van der Waals surface area contributed by atoms with E-state index in [4.69, 9.17) is 11.6 Å². The predicted molar refractivity (Wildman–Crippen MR) is 82.9 cm³/mol. The number of hydrogen-bond donors (Lipinski definition) is 0. The van der Waals surface area contributed by atoms with Crippen LogP contribution in [0.3, 0.4) is 0 Å². The van der Waals surface area contributed by atoms with Gasteiger partial charge in [0, 0.05) is 5.02 Å². The van der Waals surface area contributed by atoms with Crippen molar-refractivity contribution in [2.75, 3.05) is 0 Å². The van der Waals surface area contributed by atoms with E-state index in [9.17, 15) is 0 Å². The number of benzene rings is 2. The number of alkyl halides is 1. The molecule has 2 aromatic rings. The minimum absolute atomic E-state index is 0.190. The summed E-state index contributed by atoms with van der Waals surface area (Å²) in [6, 6.07) is 12.6. The average Bonchev–Trinajstić information content (AvgIpc) is 2.35. The van der Waals surface area contributed by atoms with Gasteiger partial charge in [-0.25, -0.2) is 0 Å². The number of halogens is 2. The first-order valence-corrected chi connectivity index (χ1v) is 7.25. The third kappa shape index (κ3) is 2.78. The van der Waals surface area contributed by atoms with Gasteiger partial charge in [0.05, 0.1) is 4.83 Å². The summed E-state index contributed by atoms with van der Waals surface area (Å²) in [5.74, 6) is 0. The molecule has 0 aliphatic carbocycles. The van der Waals surface area contributed by atoms with Crippen molar-refractivity contribution in [3.05, 3.63) is 69.2 Å². The van der Waals surface area contributed by atoms with Gasteiger partial charge in [0.25, 0.3) is 0 Å². The SMILES string of the molecule is Cc1ccc(C(Br)c2cc(Cl)ccc2C)cc1C. The Morgan fingerprint density at radius 3 is 2.22 bits per heavy atom. The summed E-state index contributed by atoms with van der Waals surface area (Å²) in [4.78, 5) is 0.190. The maximum Gasteiger partial charge on any atom is 0.0647 e. The fourth-order valence-corrected chi connectivity index (χ4v) is 2.94. The second kappa shape index (κ2) is 5.46. The van der Waals surface area contributed by atoms with Gasteiger partial charge in [-0.15, -0.1) is 0 Å². The standard InChI is InChI=1S/C16H16BrCl/c1-10-4-6-13(8-12(10)3)16(17)15-9-14(18)7-5-11(15)2/h4-9,16H,1-3H3.